The lowest BCUT2D eigenvalue weighted by atomic mass is 9.93. The van der Waals surface area contributed by atoms with Crippen molar-refractivity contribution in [3.8, 4) is 23.0 Å². The summed E-state index contributed by atoms with van der Waals surface area (Å²) in [7, 11) is 0. The first-order valence-corrected chi connectivity index (χ1v) is 17.3. The number of imide groups is 1. The van der Waals surface area contributed by atoms with Gasteiger partial charge >= 0.3 is 17.8 Å². The van der Waals surface area contributed by atoms with E-state index in [-0.39, 0.29) is 51.0 Å². The average Bonchev–Trinajstić information content (AvgIpc) is 3.36. The number of anilines is 1. The van der Waals surface area contributed by atoms with Crippen LogP contribution in [0, 0.1) is 15.9 Å². The molecular weight excluding hydrogens is 751 g/mol. The summed E-state index contributed by atoms with van der Waals surface area (Å²) in [6, 6.07) is 8.55. The second-order valence-corrected chi connectivity index (χ2v) is 12.4. The summed E-state index contributed by atoms with van der Waals surface area (Å²) in [5.41, 5.74) is -0.478. The van der Waals surface area contributed by atoms with E-state index in [1.807, 2.05) is 6.92 Å². The molecule has 0 saturated carbocycles. The third-order valence-electron chi connectivity index (χ3n) is 7.90. The third-order valence-corrected chi connectivity index (χ3v) is 8.49. The van der Waals surface area contributed by atoms with E-state index in [0.29, 0.717) is 30.6 Å². The highest BCUT2D eigenvalue weighted by atomic mass is 35.5. The van der Waals surface area contributed by atoms with Crippen molar-refractivity contribution in [3.05, 3.63) is 91.2 Å². The molecule has 3 aromatic rings. The van der Waals surface area contributed by atoms with Gasteiger partial charge in [0.05, 0.1) is 39.4 Å². The van der Waals surface area contributed by atoms with E-state index in [9.17, 15) is 42.1 Å². The Balaban J connectivity index is 0.000000241. The lowest BCUT2D eigenvalue weighted by molar-refractivity contribution is -0.385. The van der Waals surface area contributed by atoms with Crippen LogP contribution in [0.4, 0.5) is 28.9 Å². The van der Waals surface area contributed by atoms with Gasteiger partial charge in [0.25, 0.3) is 11.8 Å². The number of amides is 2. The van der Waals surface area contributed by atoms with Crippen molar-refractivity contribution >= 4 is 52.4 Å². The molecule has 0 spiro atoms. The molecule has 53 heavy (non-hydrogen) atoms. The highest BCUT2D eigenvalue weighted by Crippen LogP contribution is 2.41. The summed E-state index contributed by atoms with van der Waals surface area (Å²) < 4.78 is 73.3. The Kier molecular flexibility index (Phi) is 14.1. The van der Waals surface area contributed by atoms with Crippen LogP contribution in [0.15, 0.2) is 59.7 Å². The van der Waals surface area contributed by atoms with Gasteiger partial charge in [-0.2, -0.15) is 13.2 Å². The van der Waals surface area contributed by atoms with Crippen LogP contribution in [0.3, 0.4) is 0 Å². The van der Waals surface area contributed by atoms with Crippen LogP contribution in [0.1, 0.15) is 64.4 Å². The van der Waals surface area contributed by atoms with Crippen molar-refractivity contribution in [3.63, 3.8) is 0 Å². The van der Waals surface area contributed by atoms with Crippen molar-refractivity contribution in [2.24, 2.45) is 0 Å². The van der Waals surface area contributed by atoms with Crippen LogP contribution in [0.25, 0.3) is 0 Å². The molecule has 3 aromatic carbocycles. The number of rotatable bonds is 13. The number of esters is 1. The number of hydrogen-bond donors (Lipinski definition) is 0. The Morgan fingerprint density at radius 3 is 2.13 bits per heavy atom. The number of hydrogen-bond acceptors (Lipinski definition) is 9. The van der Waals surface area contributed by atoms with Gasteiger partial charge in [0.1, 0.15) is 23.1 Å². The normalized spacial score (nSPS) is 14.0. The molecular formula is C36H34Cl2F4N2O9. The molecule has 0 fully saturated rings. The summed E-state index contributed by atoms with van der Waals surface area (Å²) in [6.07, 6.45) is 0.883. The SMILES string of the molecule is CCCCCOC(=O)COc1cc(N2C(=O)C3=C(CCCC3)C2=O)c(F)cc1Cl.CCOc1cc(Oc2ccc(C(F)(F)F)cc2Cl)ccc1[N+](=O)[O-]. The lowest BCUT2D eigenvalue weighted by Gasteiger charge is -2.18. The highest BCUT2D eigenvalue weighted by molar-refractivity contribution is 6.34. The molecule has 11 nitrogen and oxygen atoms in total. The molecule has 0 bridgehead atoms. The van der Waals surface area contributed by atoms with Crippen LogP contribution in [0.5, 0.6) is 23.0 Å². The molecule has 1 aliphatic heterocycles. The Hall–Kier alpha value is -4.89. The fraction of sp³-hybridized carbons (Fsp3) is 0.361. The number of nitro groups is 1. The Morgan fingerprint density at radius 2 is 1.55 bits per heavy atom. The van der Waals surface area contributed by atoms with Gasteiger partial charge in [0.2, 0.25) is 5.75 Å². The molecule has 2 aliphatic rings. The highest BCUT2D eigenvalue weighted by Gasteiger charge is 2.41. The summed E-state index contributed by atoms with van der Waals surface area (Å²) in [4.78, 5) is 48.3. The number of benzene rings is 3. The fourth-order valence-corrected chi connectivity index (χ4v) is 5.77. The average molecular weight is 786 g/mol. The molecule has 0 N–H and O–H groups in total. The van der Waals surface area contributed by atoms with Crippen LogP contribution >= 0.6 is 23.2 Å². The Morgan fingerprint density at radius 1 is 0.887 bits per heavy atom. The van der Waals surface area contributed by atoms with Crippen molar-refractivity contribution in [2.75, 3.05) is 24.7 Å². The number of alkyl halides is 3. The maximum Gasteiger partial charge on any atom is 0.416 e. The number of nitro benzene ring substituents is 1. The van der Waals surface area contributed by atoms with Gasteiger partial charge in [-0.25, -0.2) is 14.1 Å². The number of nitrogens with zero attached hydrogens (tertiary/aromatic N) is 2. The molecule has 0 atom stereocenters. The third kappa shape index (κ3) is 10.4. The smallest absolute Gasteiger partial charge is 0.416 e. The van der Waals surface area contributed by atoms with Gasteiger partial charge in [-0.05, 0) is 69.4 Å². The molecule has 1 heterocycles. The topological polar surface area (TPSA) is 135 Å². The number of carbonyl (C=O) groups is 3. The monoisotopic (exact) mass is 784 g/mol. The zero-order chi connectivity index (χ0) is 38.9. The number of ether oxygens (including phenoxy) is 4. The van der Waals surface area contributed by atoms with E-state index in [4.69, 9.17) is 42.1 Å². The van der Waals surface area contributed by atoms with E-state index < -0.39 is 46.9 Å². The first-order valence-electron chi connectivity index (χ1n) is 16.5. The predicted octanol–water partition coefficient (Wildman–Crippen LogP) is 9.79. The maximum absolute atomic E-state index is 14.5. The van der Waals surface area contributed by atoms with Crippen LogP contribution in [0.2, 0.25) is 10.0 Å². The fourth-order valence-electron chi connectivity index (χ4n) is 5.34. The van der Waals surface area contributed by atoms with Crippen molar-refractivity contribution in [1.29, 1.82) is 0 Å². The lowest BCUT2D eigenvalue weighted by Crippen LogP contribution is -2.32. The molecule has 1 aliphatic carbocycles. The van der Waals surface area contributed by atoms with Crippen LogP contribution in [-0.2, 0) is 25.3 Å². The minimum absolute atomic E-state index is 0.000883. The zero-order valence-electron chi connectivity index (χ0n) is 28.5. The predicted molar refractivity (Wildman–Crippen MR) is 186 cm³/mol. The minimum atomic E-state index is -4.52. The molecule has 17 heteroatoms. The number of carbonyl (C=O) groups excluding carboxylic acids is 3. The van der Waals surface area contributed by atoms with Crippen LogP contribution < -0.4 is 19.1 Å². The Bertz CT molecular complexity index is 1880. The van der Waals surface area contributed by atoms with Gasteiger partial charge in [-0.15, -0.1) is 0 Å². The molecule has 284 valence electrons. The van der Waals surface area contributed by atoms with Gasteiger partial charge in [-0.3, -0.25) is 19.7 Å². The molecule has 2 amide bonds. The van der Waals surface area contributed by atoms with E-state index in [2.05, 4.69) is 0 Å². The van der Waals surface area contributed by atoms with Crippen molar-refractivity contribution < 1.29 is 55.8 Å². The summed E-state index contributed by atoms with van der Waals surface area (Å²) in [5, 5.41) is 10.6. The summed E-state index contributed by atoms with van der Waals surface area (Å²) >= 11 is 11.8. The van der Waals surface area contributed by atoms with Crippen molar-refractivity contribution in [1.82, 2.24) is 0 Å². The van der Waals surface area contributed by atoms with E-state index in [0.717, 1.165) is 61.3 Å². The largest absolute Gasteiger partial charge is 0.487 e. The van der Waals surface area contributed by atoms with Crippen LogP contribution in [-0.4, -0.2) is 42.5 Å². The van der Waals surface area contributed by atoms with Gasteiger partial charge in [-0.1, -0.05) is 43.0 Å². The second-order valence-electron chi connectivity index (χ2n) is 11.6. The van der Waals surface area contributed by atoms with Gasteiger partial charge in [0.15, 0.2) is 6.61 Å². The Labute approximate surface area is 311 Å². The molecule has 5 rings (SSSR count). The first-order chi connectivity index (χ1) is 25.2. The zero-order valence-corrected chi connectivity index (χ0v) is 30.0. The van der Waals surface area contributed by atoms with Crippen molar-refractivity contribution in [2.45, 2.75) is 65.0 Å². The quantitative estimate of drug-likeness (QED) is 0.0415. The molecule has 0 aromatic heterocycles. The number of halogens is 6. The second kappa shape index (κ2) is 18.2. The standard InChI is InChI=1S/C21H23ClFNO5.C15H11ClF3NO4/c1-2-3-6-9-28-19(25)12-29-18-11-17(16(23)10-15(18)22)24-20(26)13-7-4-5-8-14(13)21(24)27;1-2-23-14-8-10(4-5-12(14)20(21)22)24-13-6-3-9(7-11(13)16)15(17,18)19/h10-11H,2-9,12H2,1H3;3-8H,2H2,1H3. The molecule has 0 radical (unpaired) electrons. The van der Waals surface area contributed by atoms with Gasteiger partial charge in [0, 0.05) is 29.3 Å². The molecule has 0 unspecified atom stereocenters. The minimum Gasteiger partial charge on any atom is -0.487 e. The first kappa shape index (κ1) is 40.9. The van der Waals surface area contributed by atoms with E-state index >= 15 is 0 Å². The molecule has 0 saturated heterocycles. The maximum atomic E-state index is 14.5. The van der Waals surface area contributed by atoms with E-state index in [1.54, 1.807) is 6.92 Å². The summed E-state index contributed by atoms with van der Waals surface area (Å²) in [6.45, 7) is 3.79. The summed E-state index contributed by atoms with van der Waals surface area (Å²) in [5.74, 6) is -2.28. The van der Waals surface area contributed by atoms with Gasteiger partial charge < -0.3 is 18.9 Å². The number of unbranched alkanes of at least 4 members (excludes halogenated alkanes) is 2. The van der Waals surface area contributed by atoms with E-state index in [1.165, 1.54) is 24.3 Å².